The van der Waals surface area contributed by atoms with Gasteiger partial charge in [0.25, 0.3) is 0 Å². The van der Waals surface area contributed by atoms with E-state index < -0.39 is 223 Å². The van der Waals surface area contributed by atoms with E-state index in [9.17, 15) is 130 Å². The van der Waals surface area contributed by atoms with Crippen molar-refractivity contribution in [2.75, 3.05) is 26.4 Å². The zero-order chi connectivity index (χ0) is 83.0. The van der Waals surface area contributed by atoms with E-state index in [4.69, 9.17) is 37.3 Å². The second kappa shape index (κ2) is 36.2. The van der Waals surface area contributed by atoms with Crippen LogP contribution in [0.5, 0.6) is 0 Å². The lowest BCUT2D eigenvalue weighted by molar-refractivity contribution is -0.370. The SMILES string of the molecule is CC(C)CCC[C@@H](C)[C@H]1CC[C@H]2[C@@H]3CC[C@H]4C[C@@H](OCc5cn(CCCO[C@H]6O[C@H](COS(=O)(=O)O)[C@@H](OS(=O)(=O)O)[C@H](O[C@H]7O[C@H](COS(=O)(=O)O)[C@@H](OS(=O)(=O)O)[C@H](O[C@H]8O[C@H](COS(=O)(=O)O)[C@@H](OS(=O)(=O)O)[C@H](OS(=O)(=O)O)[C@@H]8OS(=O)(=O)O)[C@@H]7OS(=O)(=O)O)[C@@H]6OS(=O)(=O)O)nn5)CC[C@]4(C)[C@H]3CC[C@]12C. The first-order valence-electron chi connectivity index (χ1n) is 33.5. The van der Waals surface area contributed by atoms with Gasteiger partial charge in [-0.15, -0.1) is 5.10 Å². The predicted octanol–water partition coefficient (Wildman–Crippen LogP) is -0.589. The minimum Gasteiger partial charge on any atom is -0.372 e. The molecule has 0 aromatic carbocycles. The summed E-state index contributed by atoms with van der Waals surface area (Å²) in [6, 6.07) is 0. The first-order valence-corrected chi connectivity index (χ1v) is 47.1. The van der Waals surface area contributed by atoms with E-state index in [2.05, 4.69) is 82.6 Å². The minimum atomic E-state index is -6.59. The number of hydrogen-bond donors (Lipinski definition) is 10. The third-order valence-corrected chi connectivity index (χ3v) is 25.4. The van der Waals surface area contributed by atoms with E-state index in [-0.39, 0.29) is 31.1 Å². The van der Waals surface area contributed by atoms with Crippen LogP contribution >= 0.6 is 0 Å². The number of aromatic nitrogens is 3. The Morgan fingerprint density at radius 2 is 0.856 bits per heavy atom. The van der Waals surface area contributed by atoms with Gasteiger partial charge in [0.15, 0.2) is 37.2 Å². The smallest absolute Gasteiger partial charge is 0.372 e. The van der Waals surface area contributed by atoms with Crippen LogP contribution in [0.1, 0.15) is 124 Å². The molecular weight excluding hydrogens is 1730 g/mol. The van der Waals surface area contributed by atoms with Crippen LogP contribution in [0.25, 0.3) is 0 Å². The second-order valence-electron chi connectivity index (χ2n) is 28.5. The van der Waals surface area contributed by atoms with Crippen LogP contribution in [-0.2, 0) is 192 Å². The van der Waals surface area contributed by atoms with Crippen molar-refractivity contribution < 1.29 is 205 Å². The van der Waals surface area contributed by atoms with Gasteiger partial charge < -0.3 is 33.2 Å². The van der Waals surface area contributed by atoms with Gasteiger partial charge in [0.1, 0.15) is 60.6 Å². The molecule has 10 N–H and O–H groups in total. The fourth-order valence-corrected chi connectivity index (χ4v) is 21.2. The lowest BCUT2D eigenvalue weighted by Crippen LogP contribution is -2.69. The van der Waals surface area contributed by atoms with Crippen molar-refractivity contribution in [2.24, 2.45) is 52.3 Å². The number of rotatable bonds is 40. The minimum absolute atomic E-state index is 0.00471. The molecule has 0 bridgehead atoms. The maximum absolute atomic E-state index is 13.0. The molecule has 0 amide bonds. The van der Waals surface area contributed by atoms with Crippen molar-refractivity contribution in [2.45, 2.75) is 229 Å². The normalized spacial score (nSPS) is 35.4. The third kappa shape index (κ3) is 27.8. The van der Waals surface area contributed by atoms with E-state index in [1.54, 1.807) is 0 Å². The van der Waals surface area contributed by atoms with Gasteiger partial charge in [0, 0.05) is 6.54 Å². The predicted molar refractivity (Wildman–Crippen MR) is 355 cm³/mol. The molecule has 60 heteroatoms. The lowest BCUT2D eigenvalue weighted by atomic mass is 9.44. The maximum atomic E-state index is 13.0. The summed E-state index contributed by atoms with van der Waals surface area (Å²) in [5, 5.41) is 8.26. The highest BCUT2D eigenvalue weighted by atomic mass is 32.3. The van der Waals surface area contributed by atoms with Crippen molar-refractivity contribution in [3.63, 3.8) is 0 Å². The van der Waals surface area contributed by atoms with Gasteiger partial charge in [-0.25, -0.2) is 41.8 Å². The van der Waals surface area contributed by atoms with Crippen molar-refractivity contribution in [1.29, 1.82) is 0 Å². The van der Waals surface area contributed by atoms with Crippen molar-refractivity contribution in [3.05, 3.63) is 11.9 Å². The van der Waals surface area contributed by atoms with Gasteiger partial charge in [-0.2, -0.15) is 84.2 Å². The second-order valence-corrected chi connectivity index (χ2v) is 39.1. The Labute approximate surface area is 639 Å². The van der Waals surface area contributed by atoms with Gasteiger partial charge >= 0.3 is 104 Å². The molecule has 0 unspecified atom stereocenters. The zero-order valence-electron chi connectivity index (χ0n) is 58.8. The van der Waals surface area contributed by atoms with Gasteiger partial charge in [-0.3, -0.25) is 50.2 Å². The highest BCUT2D eigenvalue weighted by molar-refractivity contribution is 7.83. The summed E-state index contributed by atoms with van der Waals surface area (Å²) in [7, 11) is -62.5. The summed E-state index contributed by atoms with van der Waals surface area (Å²) in [6.07, 6.45) is -35.8. The fourth-order valence-electron chi connectivity index (χ4n) is 16.8. The van der Waals surface area contributed by atoms with Gasteiger partial charge in [-0.1, -0.05) is 59.1 Å². The van der Waals surface area contributed by atoms with Gasteiger partial charge in [0.2, 0.25) is 0 Å². The van der Waals surface area contributed by atoms with Crippen LogP contribution in [0.2, 0.25) is 0 Å². The largest absolute Gasteiger partial charge is 0.397 e. The summed E-state index contributed by atoms with van der Waals surface area (Å²) in [6.45, 7) is 4.83. The monoisotopic (exact) mass is 1810 g/mol. The molecule has 7 aliphatic rings. The molecule has 3 saturated heterocycles. The highest BCUT2D eigenvalue weighted by Gasteiger charge is 2.64. The lowest BCUT2D eigenvalue weighted by Gasteiger charge is -2.61. The molecule has 24 atom stereocenters. The molecule has 3 aliphatic heterocycles. The van der Waals surface area contributed by atoms with Crippen LogP contribution < -0.4 is 0 Å². The number of hydrogen-bond acceptors (Lipinski definition) is 39. The fraction of sp³-hybridized carbons (Fsp3) is 0.961. The summed E-state index contributed by atoms with van der Waals surface area (Å²) in [5.41, 5.74) is 0.800. The Kier molecular flexibility index (Phi) is 30.7. The summed E-state index contributed by atoms with van der Waals surface area (Å²) >= 11 is 0. The zero-order valence-corrected chi connectivity index (χ0v) is 67.0. The molecule has 0 spiro atoms. The maximum Gasteiger partial charge on any atom is 0.397 e. The number of fused-ring (bicyclic) bond motifs is 5. The third-order valence-electron chi connectivity index (χ3n) is 20.8. The van der Waals surface area contributed by atoms with E-state index in [0.717, 1.165) is 32.1 Å². The standard InChI is InChI=1S/C51H87N3O47S10/c1-26(2)8-6-9-27(3)32-12-13-33-31-11-10-28-20-30(14-16-50(28,4)34(31)15-17-51(32,33)5)86-22-29-21-54(53-52-29)18-7-19-85-47-44(99-109(76,77)78)41(38(95-105(64,65)66)35(90-47)23-87-102(55,56)57)93-48-45(100-110(79,80)81)42(39(96-106(67,68)69)36(91-48)24-88-103(58,59)60)94-49-46(101-111(82,83)84)43(98-108(73,74)75)40(97-107(70,71)72)37(92-49)25-89-104(61,62)63/h21,26-28,30-49H,6-20,22-25H2,1-5H3,(H,55,56,57)(H,58,59,60)(H,61,62,63)(H,64,65,66)(H,67,68,69)(H,70,71,72)(H,73,74,75)(H,76,77,78)(H,79,80,81)(H,82,83,84)/t27-,28+,30+,31+,32-,33+,34+,35-,36-,37-,38-,39-,40-,41+,42+,43+,44+,45+,46+,47+,48-,49-,50+,51-/m1/s1. The highest BCUT2D eigenvalue weighted by Crippen LogP contribution is 2.68. The summed E-state index contributed by atoms with van der Waals surface area (Å²) < 4.78 is 432. The molecule has 4 saturated carbocycles. The quantitative estimate of drug-likeness (QED) is 0.0290. The van der Waals surface area contributed by atoms with Crippen LogP contribution in [0, 0.1) is 52.3 Å². The van der Waals surface area contributed by atoms with E-state index in [1.807, 2.05) is 0 Å². The molecule has 111 heavy (non-hydrogen) atoms. The molecule has 50 nitrogen and oxygen atoms in total. The van der Waals surface area contributed by atoms with Crippen molar-refractivity contribution >= 4 is 104 Å². The number of nitrogens with zero attached hydrogens (tertiary/aromatic N) is 3. The van der Waals surface area contributed by atoms with Gasteiger partial charge in [0.05, 0.1) is 45.3 Å². The first-order chi connectivity index (χ1) is 50.6. The van der Waals surface area contributed by atoms with Crippen molar-refractivity contribution in [1.82, 2.24) is 15.0 Å². The van der Waals surface area contributed by atoms with Crippen LogP contribution in [0.4, 0.5) is 0 Å². The molecular formula is C51H87N3O47S10. The van der Waals surface area contributed by atoms with Crippen LogP contribution in [-0.4, -0.2) is 269 Å². The molecule has 648 valence electrons. The van der Waals surface area contributed by atoms with Gasteiger partial charge in [-0.05, 0) is 116 Å². The van der Waals surface area contributed by atoms with Crippen molar-refractivity contribution in [3.8, 4) is 0 Å². The Bertz CT molecular complexity index is 4560. The van der Waals surface area contributed by atoms with Crippen LogP contribution in [0.3, 0.4) is 0 Å². The van der Waals surface area contributed by atoms with Crippen LogP contribution in [0.15, 0.2) is 6.20 Å². The Hall–Kier alpha value is -2.44. The first kappa shape index (κ1) is 94.0. The topological polar surface area (TPSA) is 731 Å². The molecule has 1 aromatic rings. The van der Waals surface area contributed by atoms with E-state index >= 15 is 0 Å². The molecule has 0 radical (unpaired) electrons. The Balaban J connectivity index is 1.09. The molecule has 8 rings (SSSR count). The molecule has 7 fully saturated rings. The summed E-state index contributed by atoms with van der Waals surface area (Å²) in [5.74, 6) is 4.43. The molecule has 4 aliphatic carbocycles. The average Bonchev–Trinajstić information content (AvgIpc) is 1.67. The number of aryl methyl sites for hydroxylation is 1. The molecule has 1 aromatic heterocycles. The number of ether oxygens (including phenoxy) is 7. The summed E-state index contributed by atoms with van der Waals surface area (Å²) in [4.78, 5) is 0. The van der Waals surface area contributed by atoms with E-state index in [1.165, 1.54) is 55.8 Å². The Morgan fingerprint density at radius 1 is 0.450 bits per heavy atom. The average molecular weight is 1810 g/mol. The Morgan fingerprint density at radius 3 is 1.31 bits per heavy atom. The van der Waals surface area contributed by atoms with E-state index in [0.29, 0.717) is 52.5 Å². The molecule has 4 heterocycles.